The van der Waals surface area contributed by atoms with Gasteiger partial charge in [0, 0.05) is 33.4 Å². The molecule has 1 heterocycles. The molecule has 1 aromatic heterocycles. The minimum Gasteiger partial charge on any atom is -0.310 e. The molecule has 0 saturated heterocycles. The molecule has 11 rings (SSSR count). The van der Waals surface area contributed by atoms with Crippen molar-refractivity contribution in [3.63, 3.8) is 0 Å². The smallest absolute Gasteiger partial charge is 0.0645 e. The zero-order valence-electron chi connectivity index (χ0n) is 72.9. The highest BCUT2D eigenvalue weighted by atomic mass is 15.1. The van der Waals surface area contributed by atoms with E-state index in [1.807, 2.05) is 0 Å². The van der Waals surface area contributed by atoms with E-state index in [0.29, 0.717) is 4.57 Å². The number of nitrogens with zero attached hydrogens (tertiary/aromatic N) is 2. The van der Waals surface area contributed by atoms with E-state index in [4.69, 9.17) is 27.4 Å². The predicted octanol–water partition coefficient (Wildman–Crippen LogP) is 16.6. The molecule has 0 unspecified atom stereocenters. The zero-order chi connectivity index (χ0) is 77.8. The summed E-state index contributed by atoms with van der Waals surface area (Å²) in [6, 6.07) is -50.5. The second-order valence-corrected chi connectivity index (χ2v) is 12.5. The van der Waals surface area contributed by atoms with Gasteiger partial charge >= 0.3 is 0 Å². The molecule has 0 aliphatic heterocycles. The maximum Gasteiger partial charge on any atom is 0.0645 e. The predicted molar refractivity (Wildman–Crippen MR) is 263 cm³/mol. The van der Waals surface area contributed by atoms with Gasteiger partial charge in [0.2, 0.25) is 0 Å². The van der Waals surface area contributed by atoms with Crippen LogP contribution in [-0.2, 0) is 0 Å². The van der Waals surface area contributed by atoms with Crippen LogP contribution in [0.1, 0.15) is 57.6 Å². The summed E-state index contributed by atoms with van der Waals surface area (Å²) in [6.07, 6.45) is 0. The average molecular weight is 833 g/mol. The first-order chi connectivity index (χ1) is 48.2. The minimum atomic E-state index is -1.52. The topological polar surface area (TPSA) is 8.17 Å². The van der Waals surface area contributed by atoms with Gasteiger partial charge in [-0.1, -0.05) is 193 Å². The molecule has 0 saturated carbocycles. The highest BCUT2D eigenvalue weighted by Crippen LogP contribution is 2.44. The minimum absolute atomic E-state index is 0.131. The second kappa shape index (κ2) is 16.1. The molecule has 2 heteroatoms. The van der Waals surface area contributed by atoms with Crippen molar-refractivity contribution in [2.24, 2.45) is 0 Å². The lowest BCUT2D eigenvalue weighted by Gasteiger charge is -2.28. The van der Waals surface area contributed by atoms with E-state index < -0.39 is 354 Å². The Labute approximate surface area is 421 Å². The molecule has 62 heavy (non-hydrogen) atoms. The summed E-state index contributed by atoms with van der Waals surface area (Å²) >= 11 is 0. The van der Waals surface area contributed by atoms with Crippen molar-refractivity contribution < 1.29 is 57.6 Å². The maximum absolute atomic E-state index is 10.2. The molecule has 2 nitrogen and oxygen atoms in total. The standard InChI is InChI=1S/C60H42N2/c1-4-16-43(17-5-1)45-30-32-46(33-31-45)48-36-40-53(41-37-48)61(52-38-34-47(35-39-52)44-18-6-2-7-19-44)57-27-12-10-24-54(57)49-20-14-21-50(42-49)55-26-15-29-59-60(55)56-25-11-13-28-58(56)62(59)51-22-8-3-9-23-51/h1-42H/i1D,2D,3D,4D,5D,6D,7D,8D,9D,10D,11D,12D,13D,14D,15D,16D,17D,18D,19D,20D,21D,22D,23D,24D,25D,26D,27D,28D,29D,30D,31D,32D,33D,34D,35D,36D,37D,38D,39D,40D,41D,42D. The number of hydrogen-bond acceptors (Lipinski definition) is 1. The molecular formula is C60H42N2. The number of fused-ring (bicyclic) bond motifs is 3. The van der Waals surface area contributed by atoms with E-state index in [0.717, 1.165) is 0 Å². The van der Waals surface area contributed by atoms with Crippen molar-refractivity contribution in [2.45, 2.75) is 0 Å². The fourth-order valence-corrected chi connectivity index (χ4v) is 6.32. The molecule has 11 aromatic rings. The molecule has 0 amide bonds. The lowest BCUT2D eigenvalue weighted by atomic mass is 9.94. The molecule has 0 spiro atoms. The van der Waals surface area contributed by atoms with Crippen LogP contribution >= 0.6 is 0 Å². The van der Waals surface area contributed by atoms with Crippen LogP contribution in [-0.4, -0.2) is 4.57 Å². The Morgan fingerprint density at radius 1 is 0.306 bits per heavy atom. The number of hydrogen-bond donors (Lipinski definition) is 0. The third kappa shape index (κ3) is 6.84. The number of rotatable bonds is 9. The largest absolute Gasteiger partial charge is 0.310 e. The zero-order valence-corrected chi connectivity index (χ0v) is 30.9. The molecule has 0 radical (unpaired) electrons. The van der Waals surface area contributed by atoms with Crippen LogP contribution in [0.4, 0.5) is 17.1 Å². The molecule has 0 bridgehead atoms. The van der Waals surface area contributed by atoms with E-state index in [1.54, 1.807) is 0 Å². The van der Waals surface area contributed by atoms with Crippen molar-refractivity contribution in [1.29, 1.82) is 0 Å². The fourth-order valence-electron chi connectivity index (χ4n) is 6.32. The highest BCUT2D eigenvalue weighted by molar-refractivity contribution is 6.16. The van der Waals surface area contributed by atoms with Crippen molar-refractivity contribution >= 4 is 38.9 Å². The van der Waals surface area contributed by atoms with Gasteiger partial charge in [0.1, 0.15) is 0 Å². The van der Waals surface area contributed by atoms with Crippen molar-refractivity contribution in [2.75, 3.05) is 4.90 Å². The molecular weight excluding hydrogens is 749 g/mol. The van der Waals surface area contributed by atoms with Gasteiger partial charge in [-0.25, -0.2) is 0 Å². The van der Waals surface area contributed by atoms with Gasteiger partial charge in [0.05, 0.1) is 74.3 Å². The summed E-state index contributed by atoms with van der Waals surface area (Å²) < 4.78 is 384. The van der Waals surface area contributed by atoms with E-state index in [-0.39, 0.29) is 4.90 Å². The van der Waals surface area contributed by atoms with Crippen LogP contribution in [0.5, 0.6) is 0 Å². The lowest BCUT2D eigenvalue weighted by Crippen LogP contribution is -2.11. The van der Waals surface area contributed by atoms with Crippen LogP contribution in [0.25, 0.3) is 83.1 Å². The SMILES string of the molecule is [2H]c1c([2H])c([2H])c(-c2c([2H])c([2H])c(-c3c([2H])c([2H])c(N(c4c([2H])c([2H])c(-c5c([2H])c([2H])c([2H])c([2H])c5[2H])c([2H])c4[2H])c4c([2H])c([2H])c([2H])c([2H])c4-c4c([2H])c([2H])c([2H])c(-c5c([2H])c([2H])c([2H])c6c5c5c([2H])c([2H])c([2H])c([2H])c5n6-c5c([2H])c([2H])c([2H])c([2H])c5[2H])c4[2H])c([2H])c3[2H])c([2H])c2[2H])c([2H])c1[2H]. The first-order valence-corrected chi connectivity index (χ1v) is 17.8. The fraction of sp³-hybridized carbons (Fsp3) is 0. The van der Waals surface area contributed by atoms with E-state index in [2.05, 4.69) is 0 Å². The molecule has 0 aliphatic carbocycles. The summed E-state index contributed by atoms with van der Waals surface area (Å²) in [4.78, 5) is 0.131. The van der Waals surface area contributed by atoms with E-state index >= 15 is 0 Å². The Balaban J connectivity index is 1.34. The summed E-state index contributed by atoms with van der Waals surface area (Å²) in [5.41, 5.74) is -17.6. The van der Waals surface area contributed by atoms with Gasteiger partial charge in [-0.15, -0.1) is 0 Å². The first-order valence-electron chi connectivity index (χ1n) is 38.8. The quantitative estimate of drug-likeness (QED) is 0.141. The Morgan fingerprint density at radius 3 is 1.31 bits per heavy atom. The van der Waals surface area contributed by atoms with Crippen molar-refractivity contribution in [3.8, 4) is 61.3 Å². The van der Waals surface area contributed by atoms with Crippen LogP contribution in [0.2, 0.25) is 0 Å². The van der Waals surface area contributed by atoms with Gasteiger partial charge in [0.25, 0.3) is 0 Å². The first kappa shape index (κ1) is 13.4. The molecule has 0 aliphatic rings. The molecule has 0 N–H and O–H groups in total. The molecule has 292 valence electrons. The van der Waals surface area contributed by atoms with Crippen LogP contribution in [0, 0.1) is 0 Å². The van der Waals surface area contributed by atoms with Crippen LogP contribution < -0.4 is 4.90 Å². The highest BCUT2D eigenvalue weighted by Gasteiger charge is 2.20. The normalized spacial score (nSPS) is 20.7. The van der Waals surface area contributed by atoms with Gasteiger partial charge in [0.15, 0.2) is 0 Å². The summed E-state index contributed by atoms with van der Waals surface area (Å²) in [6.45, 7) is 0. The Kier molecular flexibility index (Phi) is 3.48. The number of anilines is 3. The Bertz CT molecular complexity index is 5660. The summed E-state index contributed by atoms with van der Waals surface area (Å²) in [7, 11) is 0. The average Bonchev–Trinajstić information content (AvgIpc) is 1.61. The van der Waals surface area contributed by atoms with Gasteiger partial charge < -0.3 is 9.47 Å². The summed E-state index contributed by atoms with van der Waals surface area (Å²) in [5.74, 6) is 0. The number of benzene rings is 10. The van der Waals surface area contributed by atoms with Gasteiger partial charge in [-0.05, 0) is 110 Å². The third-order valence-electron chi connectivity index (χ3n) is 8.99. The second-order valence-electron chi connectivity index (χ2n) is 12.5. The van der Waals surface area contributed by atoms with Crippen LogP contribution in [0.3, 0.4) is 0 Å². The Morgan fingerprint density at radius 2 is 0.710 bits per heavy atom. The molecule has 10 aromatic carbocycles. The lowest BCUT2D eigenvalue weighted by molar-refractivity contribution is 1.18. The van der Waals surface area contributed by atoms with Crippen LogP contribution in [0.15, 0.2) is 254 Å². The van der Waals surface area contributed by atoms with Gasteiger partial charge in [-0.2, -0.15) is 0 Å². The number of aromatic nitrogens is 1. The monoisotopic (exact) mass is 833 g/mol. The molecule has 0 atom stereocenters. The maximum atomic E-state index is 10.2. The van der Waals surface area contributed by atoms with E-state index in [1.165, 1.54) is 0 Å². The van der Waals surface area contributed by atoms with Crippen molar-refractivity contribution in [3.05, 3.63) is 254 Å². The van der Waals surface area contributed by atoms with Gasteiger partial charge in [-0.3, -0.25) is 0 Å². The Hall–Kier alpha value is -8.20. The summed E-state index contributed by atoms with van der Waals surface area (Å²) in [5, 5.41) is -1.62. The van der Waals surface area contributed by atoms with E-state index in [9.17, 15) is 30.2 Å². The third-order valence-corrected chi connectivity index (χ3v) is 8.99. The van der Waals surface area contributed by atoms with Crippen molar-refractivity contribution in [1.82, 2.24) is 4.57 Å². The molecule has 0 fully saturated rings. The number of para-hydroxylation sites is 3.